The quantitative estimate of drug-likeness (QED) is 0.915. The number of hydrogen-bond donors (Lipinski definition) is 1. The Kier molecular flexibility index (Phi) is 4.54. The Morgan fingerprint density at radius 3 is 2.76 bits per heavy atom. The molecule has 1 saturated heterocycles. The predicted octanol–water partition coefficient (Wildman–Crippen LogP) is 1.58. The summed E-state index contributed by atoms with van der Waals surface area (Å²) in [7, 11) is 3.44. The van der Waals surface area contributed by atoms with Crippen LogP contribution in [0.3, 0.4) is 0 Å². The summed E-state index contributed by atoms with van der Waals surface area (Å²) >= 11 is 0. The zero-order chi connectivity index (χ0) is 15.6. The van der Waals surface area contributed by atoms with E-state index < -0.39 is 5.41 Å². The van der Waals surface area contributed by atoms with Crippen molar-refractivity contribution in [1.82, 2.24) is 4.90 Å². The average molecular weight is 292 g/mol. The summed E-state index contributed by atoms with van der Waals surface area (Å²) in [6, 6.07) is 7.37. The normalized spacial score (nSPS) is 26.4. The molecule has 1 aromatic carbocycles. The van der Waals surface area contributed by atoms with E-state index in [-0.39, 0.29) is 18.0 Å². The molecule has 3 unspecified atom stereocenters. The Morgan fingerprint density at radius 1 is 1.52 bits per heavy atom. The molecule has 0 spiro atoms. The van der Waals surface area contributed by atoms with Crippen LogP contribution in [0.1, 0.15) is 25.5 Å². The van der Waals surface area contributed by atoms with E-state index in [4.69, 9.17) is 15.2 Å². The number of rotatable bonds is 4. The number of para-hydroxylation sites is 1. The van der Waals surface area contributed by atoms with Crippen LogP contribution in [0, 0.1) is 5.41 Å². The smallest absolute Gasteiger partial charge is 0.232 e. The zero-order valence-electron chi connectivity index (χ0n) is 13.1. The highest BCUT2D eigenvalue weighted by atomic mass is 16.5. The third-order valence-corrected chi connectivity index (χ3v) is 4.50. The molecule has 0 radical (unpaired) electrons. The van der Waals surface area contributed by atoms with Crippen LogP contribution in [0.5, 0.6) is 5.75 Å². The Morgan fingerprint density at radius 2 is 2.19 bits per heavy atom. The van der Waals surface area contributed by atoms with Crippen molar-refractivity contribution in [2.24, 2.45) is 11.1 Å². The third-order valence-electron chi connectivity index (χ3n) is 4.50. The number of hydrogen-bond acceptors (Lipinski definition) is 4. The topological polar surface area (TPSA) is 64.8 Å². The maximum atomic E-state index is 12.8. The molecule has 1 aliphatic heterocycles. The van der Waals surface area contributed by atoms with E-state index in [1.165, 1.54) is 0 Å². The van der Waals surface area contributed by atoms with Gasteiger partial charge in [0.25, 0.3) is 0 Å². The molecule has 1 aliphatic rings. The second-order valence-corrected chi connectivity index (χ2v) is 5.87. The highest BCUT2D eigenvalue weighted by Gasteiger charge is 2.46. The van der Waals surface area contributed by atoms with Gasteiger partial charge in [0, 0.05) is 18.7 Å². The fourth-order valence-electron chi connectivity index (χ4n) is 2.71. The van der Waals surface area contributed by atoms with Gasteiger partial charge < -0.3 is 20.1 Å². The number of ether oxygens (including phenoxy) is 2. The number of benzene rings is 1. The van der Waals surface area contributed by atoms with E-state index in [0.717, 1.165) is 11.3 Å². The van der Waals surface area contributed by atoms with Crippen LogP contribution in [0.15, 0.2) is 24.3 Å². The van der Waals surface area contributed by atoms with Crippen molar-refractivity contribution in [2.75, 3.05) is 27.4 Å². The molecule has 0 aliphatic carbocycles. The monoisotopic (exact) mass is 292 g/mol. The van der Waals surface area contributed by atoms with Crippen molar-refractivity contribution < 1.29 is 14.3 Å². The number of amides is 1. The minimum absolute atomic E-state index is 0.00547. The standard InChI is InChI=1S/C16H24N2O3/c1-11(12-7-5-6-8-13(12)20-4)18(3)15(19)16(2)10-21-9-14(16)17/h5-8,11,14H,9-10,17H2,1-4H3. The summed E-state index contributed by atoms with van der Waals surface area (Å²) in [4.78, 5) is 14.5. The van der Waals surface area contributed by atoms with Gasteiger partial charge in [-0.05, 0) is 19.9 Å². The van der Waals surface area contributed by atoms with Crippen molar-refractivity contribution >= 4 is 5.91 Å². The number of methoxy groups -OCH3 is 1. The third kappa shape index (κ3) is 2.76. The van der Waals surface area contributed by atoms with Crippen molar-refractivity contribution in [1.29, 1.82) is 0 Å². The molecule has 0 bridgehead atoms. The maximum Gasteiger partial charge on any atom is 0.232 e. The molecule has 1 fully saturated rings. The van der Waals surface area contributed by atoms with Gasteiger partial charge in [-0.25, -0.2) is 0 Å². The van der Waals surface area contributed by atoms with Crippen LogP contribution in [-0.4, -0.2) is 44.2 Å². The SMILES string of the molecule is COc1ccccc1C(C)N(C)C(=O)C1(C)COCC1N. The highest BCUT2D eigenvalue weighted by molar-refractivity contribution is 5.84. The van der Waals surface area contributed by atoms with E-state index in [1.54, 1.807) is 19.1 Å². The molecular formula is C16H24N2O3. The van der Waals surface area contributed by atoms with Gasteiger partial charge in [-0.3, -0.25) is 4.79 Å². The summed E-state index contributed by atoms with van der Waals surface area (Å²) in [6.45, 7) is 4.66. The summed E-state index contributed by atoms with van der Waals surface area (Å²) in [5.41, 5.74) is 6.37. The first-order valence-electron chi connectivity index (χ1n) is 7.15. The molecule has 1 heterocycles. The lowest BCUT2D eigenvalue weighted by Gasteiger charge is -2.34. The van der Waals surface area contributed by atoms with Gasteiger partial charge in [-0.15, -0.1) is 0 Å². The van der Waals surface area contributed by atoms with E-state index in [9.17, 15) is 4.79 Å². The molecular weight excluding hydrogens is 268 g/mol. The number of carbonyl (C=O) groups excluding carboxylic acids is 1. The van der Waals surface area contributed by atoms with Crippen LogP contribution in [0.25, 0.3) is 0 Å². The van der Waals surface area contributed by atoms with E-state index in [2.05, 4.69) is 0 Å². The summed E-state index contributed by atoms with van der Waals surface area (Å²) in [5.74, 6) is 0.785. The fraction of sp³-hybridized carbons (Fsp3) is 0.562. The van der Waals surface area contributed by atoms with E-state index >= 15 is 0 Å². The fourth-order valence-corrected chi connectivity index (χ4v) is 2.71. The zero-order valence-corrected chi connectivity index (χ0v) is 13.1. The molecule has 116 valence electrons. The first-order valence-corrected chi connectivity index (χ1v) is 7.15. The van der Waals surface area contributed by atoms with Crippen LogP contribution >= 0.6 is 0 Å². The number of nitrogens with zero attached hydrogens (tertiary/aromatic N) is 1. The van der Waals surface area contributed by atoms with Crippen molar-refractivity contribution in [3.8, 4) is 5.75 Å². The number of nitrogens with two attached hydrogens (primary N) is 1. The van der Waals surface area contributed by atoms with Crippen molar-refractivity contribution in [3.63, 3.8) is 0 Å². The van der Waals surface area contributed by atoms with Gasteiger partial charge in [0.2, 0.25) is 5.91 Å². The minimum Gasteiger partial charge on any atom is -0.496 e. The first kappa shape index (κ1) is 15.8. The first-order chi connectivity index (χ1) is 9.91. The second-order valence-electron chi connectivity index (χ2n) is 5.87. The molecule has 1 aromatic rings. The van der Waals surface area contributed by atoms with Gasteiger partial charge in [-0.2, -0.15) is 0 Å². The van der Waals surface area contributed by atoms with Gasteiger partial charge in [-0.1, -0.05) is 18.2 Å². The minimum atomic E-state index is -0.662. The van der Waals surface area contributed by atoms with Crippen LogP contribution in [0.4, 0.5) is 0 Å². The largest absolute Gasteiger partial charge is 0.496 e. The highest BCUT2D eigenvalue weighted by Crippen LogP contribution is 2.34. The molecule has 2 N–H and O–H groups in total. The lowest BCUT2D eigenvalue weighted by Crippen LogP contribution is -2.50. The molecule has 0 aromatic heterocycles. The molecule has 3 atom stereocenters. The average Bonchev–Trinajstić information content (AvgIpc) is 2.85. The van der Waals surface area contributed by atoms with Crippen molar-refractivity contribution in [3.05, 3.63) is 29.8 Å². The molecule has 21 heavy (non-hydrogen) atoms. The summed E-state index contributed by atoms with van der Waals surface area (Å²) in [5, 5.41) is 0. The Labute approximate surface area is 126 Å². The van der Waals surface area contributed by atoms with Gasteiger partial charge in [0.15, 0.2) is 0 Å². The van der Waals surface area contributed by atoms with E-state index in [1.807, 2.05) is 38.1 Å². The number of carbonyl (C=O) groups is 1. The Bertz CT molecular complexity index is 520. The molecule has 5 nitrogen and oxygen atoms in total. The Hall–Kier alpha value is -1.59. The summed E-state index contributed by atoms with van der Waals surface area (Å²) in [6.07, 6.45) is 0. The second kappa shape index (κ2) is 6.03. The predicted molar refractivity (Wildman–Crippen MR) is 81.1 cm³/mol. The van der Waals surface area contributed by atoms with E-state index in [0.29, 0.717) is 13.2 Å². The lowest BCUT2D eigenvalue weighted by atomic mass is 9.83. The van der Waals surface area contributed by atoms with Crippen LogP contribution < -0.4 is 10.5 Å². The molecule has 2 rings (SSSR count). The molecule has 0 saturated carbocycles. The van der Waals surface area contributed by atoms with Gasteiger partial charge >= 0.3 is 0 Å². The van der Waals surface area contributed by atoms with Gasteiger partial charge in [0.05, 0.1) is 31.8 Å². The van der Waals surface area contributed by atoms with Crippen LogP contribution in [0.2, 0.25) is 0 Å². The molecule has 5 heteroatoms. The van der Waals surface area contributed by atoms with Crippen LogP contribution in [-0.2, 0) is 9.53 Å². The molecule has 1 amide bonds. The Balaban J connectivity index is 2.23. The maximum absolute atomic E-state index is 12.8. The van der Waals surface area contributed by atoms with Crippen molar-refractivity contribution in [2.45, 2.75) is 25.9 Å². The van der Waals surface area contributed by atoms with Gasteiger partial charge in [0.1, 0.15) is 5.75 Å². The lowest BCUT2D eigenvalue weighted by molar-refractivity contribution is -0.142. The summed E-state index contributed by atoms with van der Waals surface area (Å²) < 4.78 is 10.8.